The Morgan fingerprint density at radius 3 is 2.25 bits per heavy atom. The number of hydrogen-bond donors (Lipinski definition) is 0. The van der Waals surface area contributed by atoms with Crippen LogP contribution in [-0.4, -0.2) is 36.2 Å². The number of sulfone groups is 1. The van der Waals surface area contributed by atoms with Gasteiger partial charge in [0.25, 0.3) is 0 Å². The van der Waals surface area contributed by atoms with Gasteiger partial charge in [-0.05, 0) is 6.26 Å². The standard InChI is InChI=1S/C5H12O2S5/c1-8-3-10-11-4-9-5-12(2,6)7/h3-5H2,1-2H3. The van der Waals surface area contributed by atoms with Crippen LogP contribution < -0.4 is 0 Å². The molecule has 74 valence electrons. The first kappa shape index (κ1) is 13.4. The lowest BCUT2D eigenvalue weighted by Crippen LogP contribution is -1.98. The van der Waals surface area contributed by atoms with Crippen molar-refractivity contribution in [3.8, 4) is 0 Å². The third-order valence-electron chi connectivity index (χ3n) is 0.678. The van der Waals surface area contributed by atoms with E-state index in [2.05, 4.69) is 6.26 Å². The lowest BCUT2D eigenvalue weighted by molar-refractivity contribution is 0.606. The molecule has 0 aliphatic heterocycles. The average Bonchev–Trinajstić information content (AvgIpc) is 1.94. The average molecular weight is 264 g/mol. The lowest BCUT2D eigenvalue weighted by Gasteiger charge is -1.98. The summed E-state index contributed by atoms with van der Waals surface area (Å²) >= 11 is 3.24. The van der Waals surface area contributed by atoms with E-state index >= 15 is 0 Å². The Morgan fingerprint density at radius 2 is 1.75 bits per heavy atom. The maximum atomic E-state index is 10.7. The predicted molar refractivity (Wildman–Crippen MR) is 65.7 cm³/mol. The molecule has 0 unspecified atom stereocenters. The topological polar surface area (TPSA) is 34.1 Å². The molecule has 0 radical (unpaired) electrons. The molecule has 0 N–H and O–H groups in total. The third-order valence-corrected chi connectivity index (χ3v) is 7.84. The van der Waals surface area contributed by atoms with E-state index in [1.54, 1.807) is 33.3 Å². The van der Waals surface area contributed by atoms with Gasteiger partial charge in [0.05, 0.1) is 10.2 Å². The molecule has 0 bridgehead atoms. The molecule has 2 nitrogen and oxygen atoms in total. The number of rotatable bonds is 7. The summed E-state index contributed by atoms with van der Waals surface area (Å²) < 4.78 is 21.4. The van der Waals surface area contributed by atoms with Gasteiger partial charge in [-0.2, -0.15) is 11.8 Å². The van der Waals surface area contributed by atoms with Crippen molar-refractivity contribution in [3.05, 3.63) is 0 Å². The summed E-state index contributed by atoms with van der Waals surface area (Å²) in [4.78, 5) is 0. The van der Waals surface area contributed by atoms with Crippen molar-refractivity contribution in [2.45, 2.75) is 0 Å². The van der Waals surface area contributed by atoms with Crippen molar-refractivity contribution >= 4 is 54.9 Å². The van der Waals surface area contributed by atoms with Crippen LogP contribution in [-0.2, 0) is 9.84 Å². The van der Waals surface area contributed by atoms with Crippen LogP contribution in [0.1, 0.15) is 0 Å². The molecule has 12 heavy (non-hydrogen) atoms. The third kappa shape index (κ3) is 11.4. The van der Waals surface area contributed by atoms with E-state index in [0.29, 0.717) is 0 Å². The summed E-state index contributed by atoms with van der Waals surface area (Å²) in [6, 6.07) is 0. The van der Waals surface area contributed by atoms with Crippen LogP contribution in [0.4, 0.5) is 0 Å². The molecule has 0 spiro atoms. The van der Waals surface area contributed by atoms with E-state index in [1.165, 1.54) is 18.0 Å². The summed E-state index contributed by atoms with van der Waals surface area (Å²) in [5, 5.41) is 2.14. The van der Waals surface area contributed by atoms with Crippen LogP contribution in [0.15, 0.2) is 0 Å². The first-order chi connectivity index (χ1) is 5.56. The Balaban J connectivity index is 3.12. The highest BCUT2D eigenvalue weighted by molar-refractivity contribution is 8.79. The molecular formula is C5H12O2S5. The van der Waals surface area contributed by atoms with Crippen molar-refractivity contribution in [1.82, 2.24) is 0 Å². The second kappa shape index (κ2) is 7.73. The van der Waals surface area contributed by atoms with Crippen molar-refractivity contribution in [3.63, 3.8) is 0 Å². The van der Waals surface area contributed by atoms with Gasteiger partial charge in [0, 0.05) is 11.3 Å². The SMILES string of the molecule is CSCSSCSCS(C)(=O)=O. The molecule has 0 heterocycles. The van der Waals surface area contributed by atoms with Gasteiger partial charge in [-0.3, -0.25) is 0 Å². The highest BCUT2D eigenvalue weighted by Crippen LogP contribution is 2.28. The van der Waals surface area contributed by atoms with Gasteiger partial charge >= 0.3 is 0 Å². The van der Waals surface area contributed by atoms with Crippen LogP contribution in [0.2, 0.25) is 0 Å². The molecule has 0 saturated carbocycles. The van der Waals surface area contributed by atoms with Crippen LogP contribution in [0.25, 0.3) is 0 Å². The first-order valence-corrected chi connectivity index (χ1v) is 10.1. The molecule has 0 aromatic carbocycles. The van der Waals surface area contributed by atoms with Crippen molar-refractivity contribution in [2.75, 3.05) is 27.8 Å². The molecule has 0 aromatic heterocycles. The normalized spacial score (nSPS) is 11.8. The maximum absolute atomic E-state index is 10.7. The molecule has 0 aromatic rings. The molecule has 0 fully saturated rings. The fourth-order valence-corrected chi connectivity index (χ4v) is 6.34. The van der Waals surface area contributed by atoms with E-state index in [4.69, 9.17) is 0 Å². The smallest absolute Gasteiger partial charge is 0.156 e. The number of hydrogen-bond acceptors (Lipinski definition) is 6. The van der Waals surface area contributed by atoms with E-state index in [0.717, 1.165) is 10.2 Å². The minimum absolute atomic E-state index is 0.236. The van der Waals surface area contributed by atoms with Crippen molar-refractivity contribution in [1.29, 1.82) is 0 Å². The minimum Gasteiger partial charge on any atom is -0.228 e. The molecule has 0 rings (SSSR count). The molecule has 0 atom stereocenters. The fraction of sp³-hybridized carbons (Fsp3) is 1.00. The molecule has 7 heteroatoms. The second-order valence-electron chi connectivity index (χ2n) is 2.01. The Hall–Kier alpha value is 1.35. The summed E-state index contributed by atoms with van der Waals surface area (Å²) in [5.74, 6) is 0. The lowest BCUT2D eigenvalue weighted by atomic mass is 11.9. The first-order valence-electron chi connectivity index (χ1n) is 3.05. The molecule has 0 aliphatic rings. The molecule has 0 amide bonds. The van der Waals surface area contributed by atoms with Crippen LogP contribution in [0.3, 0.4) is 0 Å². The monoisotopic (exact) mass is 264 g/mol. The van der Waals surface area contributed by atoms with Crippen LogP contribution in [0.5, 0.6) is 0 Å². The van der Waals surface area contributed by atoms with Gasteiger partial charge in [-0.25, -0.2) is 8.42 Å². The highest BCUT2D eigenvalue weighted by atomic mass is 33.1. The summed E-state index contributed by atoms with van der Waals surface area (Å²) in [6.07, 6.45) is 3.32. The van der Waals surface area contributed by atoms with Gasteiger partial charge in [0.2, 0.25) is 0 Å². The van der Waals surface area contributed by atoms with Crippen molar-refractivity contribution in [2.24, 2.45) is 0 Å². The summed E-state index contributed by atoms with van der Waals surface area (Å²) in [5.41, 5.74) is 0. The predicted octanol–water partition coefficient (Wildman–Crippen LogP) is 2.38. The van der Waals surface area contributed by atoms with Gasteiger partial charge in [0.15, 0.2) is 9.84 Å². The maximum Gasteiger partial charge on any atom is 0.156 e. The van der Waals surface area contributed by atoms with Gasteiger partial charge < -0.3 is 0 Å². The van der Waals surface area contributed by atoms with Gasteiger partial charge in [0.1, 0.15) is 0 Å². The Morgan fingerprint density at radius 1 is 1.17 bits per heavy atom. The zero-order valence-electron chi connectivity index (χ0n) is 6.98. The van der Waals surface area contributed by atoms with Gasteiger partial charge in [-0.15, -0.1) is 11.8 Å². The fourth-order valence-electron chi connectivity index (χ4n) is 0.336. The largest absolute Gasteiger partial charge is 0.228 e. The van der Waals surface area contributed by atoms with E-state index < -0.39 is 9.84 Å². The summed E-state index contributed by atoms with van der Waals surface area (Å²) in [6.45, 7) is 0. The van der Waals surface area contributed by atoms with E-state index in [9.17, 15) is 8.42 Å². The quantitative estimate of drug-likeness (QED) is 0.399. The molecule has 0 aliphatic carbocycles. The Kier molecular flexibility index (Phi) is 8.60. The van der Waals surface area contributed by atoms with Crippen LogP contribution in [0, 0.1) is 0 Å². The van der Waals surface area contributed by atoms with E-state index in [1.807, 2.05) is 0 Å². The Labute approximate surface area is 90.7 Å². The van der Waals surface area contributed by atoms with Crippen molar-refractivity contribution < 1.29 is 8.42 Å². The zero-order chi connectivity index (χ0) is 9.45. The minimum atomic E-state index is -2.78. The highest BCUT2D eigenvalue weighted by Gasteiger charge is 2.00. The molecular weight excluding hydrogens is 252 g/mol. The second-order valence-corrected chi connectivity index (χ2v) is 9.56. The van der Waals surface area contributed by atoms with E-state index in [-0.39, 0.29) is 5.08 Å². The zero-order valence-corrected chi connectivity index (χ0v) is 11.1. The van der Waals surface area contributed by atoms with Gasteiger partial charge in [-0.1, -0.05) is 21.6 Å². The Bertz CT molecular complexity index is 188. The molecule has 0 saturated heterocycles. The number of thioether (sulfide) groups is 2. The van der Waals surface area contributed by atoms with Crippen LogP contribution >= 0.6 is 45.1 Å². The summed E-state index contributed by atoms with van der Waals surface area (Å²) in [7, 11) is 0.699.